The van der Waals surface area contributed by atoms with E-state index in [2.05, 4.69) is 252 Å². The van der Waals surface area contributed by atoms with Gasteiger partial charge in [-0.1, -0.05) is 218 Å². The molecule has 374 valence electrons. The molecule has 0 radical (unpaired) electrons. The average molecular weight is 1020 g/mol. The Morgan fingerprint density at radius 3 is 0.900 bits per heavy atom. The highest BCUT2D eigenvalue weighted by Gasteiger charge is 2.24. The number of aromatic nitrogens is 6. The van der Waals surface area contributed by atoms with Crippen molar-refractivity contribution in [2.45, 2.75) is 0 Å². The first-order valence-electron chi connectivity index (χ1n) is 27.0. The number of rotatable bonds is 10. The molecule has 6 nitrogen and oxygen atoms in total. The topological polar surface area (TPSA) is 61.4 Å². The van der Waals surface area contributed by atoms with Crippen molar-refractivity contribution >= 4 is 43.6 Å². The number of fused-ring (bicyclic) bond motifs is 6. The van der Waals surface area contributed by atoms with Crippen LogP contribution in [0, 0.1) is 0 Å². The molecule has 0 aliphatic rings. The predicted molar refractivity (Wildman–Crippen MR) is 330 cm³/mol. The van der Waals surface area contributed by atoms with Crippen LogP contribution >= 0.6 is 0 Å². The zero-order valence-electron chi connectivity index (χ0n) is 43.4. The maximum atomic E-state index is 5.28. The third-order valence-corrected chi connectivity index (χ3v) is 15.5. The predicted octanol–water partition coefficient (Wildman–Crippen LogP) is 18.8. The maximum absolute atomic E-state index is 5.28. The molecule has 15 rings (SSSR count). The van der Waals surface area contributed by atoms with Crippen molar-refractivity contribution in [1.29, 1.82) is 0 Å². The Balaban J connectivity index is 1.01. The summed E-state index contributed by atoms with van der Waals surface area (Å²) in [5, 5.41) is 4.62. The summed E-state index contributed by atoms with van der Waals surface area (Å²) in [6.07, 6.45) is 3.94. The van der Waals surface area contributed by atoms with Crippen molar-refractivity contribution < 1.29 is 0 Å². The molecule has 6 heteroatoms. The maximum Gasteiger partial charge on any atom is 0.164 e. The van der Waals surface area contributed by atoms with Crippen LogP contribution in [0.1, 0.15) is 0 Å². The minimum Gasteiger partial charge on any atom is -0.309 e. The third-order valence-electron chi connectivity index (χ3n) is 15.5. The second kappa shape index (κ2) is 19.6. The monoisotopic (exact) mass is 1020 g/mol. The van der Waals surface area contributed by atoms with Crippen LogP contribution in [0.25, 0.3) is 145 Å². The molecular formula is C74H48N6. The fourth-order valence-corrected chi connectivity index (χ4v) is 11.6. The van der Waals surface area contributed by atoms with E-state index in [1.165, 1.54) is 21.9 Å². The fourth-order valence-electron chi connectivity index (χ4n) is 11.6. The first-order chi connectivity index (χ1) is 39.7. The van der Waals surface area contributed by atoms with Crippen molar-refractivity contribution in [2.75, 3.05) is 0 Å². The Morgan fingerprint density at radius 1 is 0.225 bits per heavy atom. The van der Waals surface area contributed by atoms with E-state index in [0.29, 0.717) is 17.5 Å². The van der Waals surface area contributed by atoms with Gasteiger partial charge in [-0.2, -0.15) is 0 Å². The average Bonchev–Trinajstić information content (AvgIpc) is 4.28. The van der Waals surface area contributed by atoms with Crippen molar-refractivity contribution in [2.24, 2.45) is 0 Å². The molecule has 11 aromatic carbocycles. The van der Waals surface area contributed by atoms with Crippen molar-refractivity contribution in [1.82, 2.24) is 29.1 Å². The quantitative estimate of drug-likeness (QED) is 0.137. The molecule has 0 saturated carbocycles. The molecule has 4 heterocycles. The van der Waals surface area contributed by atoms with E-state index >= 15 is 0 Å². The number of nitrogens with zero attached hydrogens (tertiary/aromatic N) is 6. The first kappa shape index (κ1) is 46.5. The van der Waals surface area contributed by atoms with E-state index in [0.717, 1.165) is 105 Å². The lowest BCUT2D eigenvalue weighted by Crippen LogP contribution is -2.04. The summed E-state index contributed by atoms with van der Waals surface area (Å²) in [5.41, 5.74) is 20.2. The van der Waals surface area contributed by atoms with Crippen molar-refractivity contribution in [3.63, 3.8) is 0 Å². The van der Waals surface area contributed by atoms with Crippen LogP contribution < -0.4 is 0 Å². The molecule has 4 aromatic heterocycles. The van der Waals surface area contributed by atoms with Crippen LogP contribution in [0.5, 0.6) is 0 Å². The second-order valence-electron chi connectivity index (χ2n) is 20.2. The van der Waals surface area contributed by atoms with Crippen LogP contribution in [-0.4, -0.2) is 29.1 Å². The number of pyridine rings is 1. The Labute approximate surface area is 462 Å². The standard InChI is InChI=1S/C74H48N6/c1-7-19-49(20-8-1)55-32-37-66-61(43-55)62-44-56(50-21-9-2-10-22-50)33-38-67(62)79(66)70-41-42-75-48-65(70)60-36-31-59(74-77-72(53-27-15-5-16-28-53)76-73(78-74)54-29-17-6-18-30-54)47-71(60)80-68-39-34-57(51-23-11-3-12-24-51)45-63(68)64-46-58(35-40-69(64)80)52-25-13-4-14-26-52/h1-48H. The van der Waals surface area contributed by atoms with Crippen LogP contribution in [0.3, 0.4) is 0 Å². The van der Waals surface area contributed by atoms with Gasteiger partial charge < -0.3 is 9.13 Å². The van der Waals surface area contributed by atoms with Gasteiger partial charge in [-0.15, -0.1) is 0 Å². The summed E-state index contributed by atoms with van der Waals surface area (Å²) in [4.78, 5) is 20.6. The molecule has 0 spiro atoms. The number of hydrogen-bond donors (Lipinski definition) is 0. The van der Waals surface area contributed by atoms with Gasteiger partial charge in [-0.05, 0) is 105 Å². The van der Waals surface area contributed by atoms with E-state index in [4.69, 9.17) is 19.9 Å². The molecule has 0 aliphatic carbocycles. The summed E-state index contributed by atoms with van der Waals surface area (Å²) in [6.45, 7) is 0. The van der Waals surface area contributed by atoms with Gasteiger partial charge in [0.1, 0.15) is 0 Å². The van der Waals surface area contributed by atoms with Gasteiger partial charge in [-0.3, -0.25) is 4.98 Å². The lowest BCUT2D eigenvalue weighted by atomic mass is 9.99. The second-order valence-corrected chi connectivity index (χ2v) is 20.2. The van der Waals surface area contributed by atoms with Gasteiger partial charge in [-0.25, -0.2) is 15.0 Å². The van der Waals surface area contributed by atoms with E-state index in [9.17, 15) is 0 Å². The largest absolute Gasteiger partial charge is 0.309 e. The summed E-state index contributed by atoms with van der Waals surface area (Å²) in [5.74, 6) is 1.78. The van der Waals surface area contributed by atoms with Crippen LogP contribution in [-0.2, 0) is 0 Å². The van der Waals surface area contributed by atoms with E-state index in [1.807, 2.05) is 48.8 Å². The Hall–Kier alpha value is -10.8. The highest BCUT2D eigenvalue weighted by Crippen LogP contribution is 2.44. The molecular weight excluding hydrogens is 973 g/mol. The Morgan fingerprint density at radius 2 is 0.537 bits per heavy atom. The van der Waals surface area contributed by atoms with Gasteiger partial charge in [0.25, 0.3) is 0 Å². The summed E-state index contributed by atoms with van der Waals surface area (Å²) in [7, 11) is 0. The highest BCUT2D eigenvalue weighted by atomic mass is 15.0. The number of hydrogen-bond acceptors (Lipinski definition) is 4. The fraction of sp³-hybridized carbons (Fsp3) is 0. The SMILES string of the molecule is c1ccc(-c2ccc3c(c2)c2cc(-c4ccccc4)ccc2n3-c2ccncc2-c2ccc(-c3nc(-c4ccccc4)nc(-c4ccccc4)n3)cc2-n2c3ccc(-c4ccccc4)cc3c3cc(-c4ccccc4)ccc32)cc1. The normalized spacial score (nSPS) is 11.5. The summed E-state index contributed by atoms with van der Waals surface area (Å²) < 4.78 is 4.86. The minimum atomic E-state index is 0.571. The molecule has 0 aliphatic heterocycles. The van der Waals surface area contributed by atoms with E-state index in [-0.39, 0.29) is 0 Å². The molecule has 0 N–H and O–H groups in total. The van der Waals surface area contributed by atoms with Gasteiger partial charge in [0.15, 0.2) is 17.5 Å². The van der Waals surface area contributed by atoms with E-state index < -0.39 is 0 Å². The molecule has 0 unspecified atom stereocenters. The molecule has 0 bridgehead atoms. The van der Waals surface area contributed by atoms with E-state index in [1.54, 1.807) is 0 Å². The van der Waals surface area contributed by atoms with Gasteiger partial charge >= 0.3 is 0 Å². The van der Waals surface area contributed by atoms with Crippen LogP contribution in [0.15, 0.2) is 291 Å². The zero-order valence-corrected chi connectivity index (χ0v) is 43.4. The number of benzene rings is 11. The van der Waals surface area contributed by atoms with Crippen molar-refractivity contribution in [3.05, 3.63) is 291 Å². The lowest BCUT2D eigenvalue weighted by molar-refractivity contribution is 1.07. The first-order valence-corrected chi connectivity index (χ1v) is 27.0. The smallest absolute Gasteiger partial charge is 0.164 e. The van der Waals surface area contributed by atoms with Crippen molar-refractivity contribution in [3.8, 4) is 101 Å². The Bertz CT molecular complexity index is 4530. The van der Waals surface area contributed by atoms with Gasteiger partial charge in [0.05, 0.1) is 33.4 Å². The minimum absolute atomic E-state index is 0.571. The highest BCUT2D eigenvalue weighted by molar-refractivity contribution is 6.14. The molecule has 0 atom stereocenters. The molecule has 15 aromatic rings. The Kier molecular flexibility index (Phi) is 11.4. The van der Waals surface area contributed by atoms with Crippen LogP contribution in [0.2, 0.25) is 0 Å². The lowest BCUT2D eigenvalue weighted by Gasteiger charge is -2.19. The summed E-state index contributed by atoms with van der Waals surface area (Å²) >= 11 is 0. The molecule has 80 heavy (non-hydrogen) atoms. The zero-order chi connectivity index (χ0) is 52.9. The molecule has 0 saturated heterocycles. The summed E-state index contributed by atoms with van der Waals surface area (Å²) in [6, 6.07) is 99.3. The van der Waals surface area contributed by atoms with Gasteiger partial charge in [0.2, 0.25) is 0 Å². The van der Waals surface area contributed by atoms with Gasteiger partial charge in [0, 0.05) is 61.8 Å². The molecule has 0 fully saturated rings. The third kappa shape index (κ3) is 8.22. The molecule has 0 amide bonds. The van der Waals surface area contributed by atoms with Crippen LogP contribution in [0.4, 0.5) is 0 Å².